The van der Waals surface area contributed by atoms with Crippen LogP contribution in [-0.2, 0) is 12.8 Å². The van der Waals surface area contributed by atoms with Crippen molar-refractivity contribution in [3.05, 3.63) is 53.4 Å². The van der Waals surface area contributed by atoms with E-state index in [1.54, 1.807) is 0 Å². The van der Waals surface area contributed by atoms with Crippen molar-refractivity contribution in [3.63, 3.8) is 0 Å². The third-order valence-electron chi connectivity index (χ3n) is 4.26. The normalized spacial score (nSPS) is 13.7. The van der Waals surface area contributed by atoms with Crippen LogP contribution < -0.4 is 5.32 Å². The molecule has 0 aliphatic heterocycles. The molecule has 23 heavy (non-hydrogen) atoms. The topological polar surface area (TPSA) is 37.8 Å². The predicted molar refractivity (Wildman–Crippen MR) is 98.2 cm³/mol. The summed E-state index contributed by atoms with van der Waals surface area (Å²) in [7, 11) is 0. The summed E-state index contributed by atoms with van der Waals surface area (Å²) in [5.74, 6) is 1.75. The molecule has 0 spiro atoms. The second-order valence-corrected chi connectivity index (χ2v) is 6.91. The summed E-state index contributed by atoms with van der Waals surface area (Å²) in [6, 6.07) is 10.2. The Morgan fingerprint density at radius 2 is 1.96 bits per heavy atom. The highest BCUT2D eigenvalue weighted by Crippen LogP contribution is 2.39. The number of rotatable bonds is 4. The Morgan fingerprint density at radius 1 is 1.13 bits per heavy atom. The Balaban J connectivity index is 1.92. The van der Waals surface area contributed by atoms with Crippen molar-refractivity contribution < 1.29 is 0 Å². The molecular formula is C19H19N3S. The van der Waals surface area contributed by atoms with Crippen molar-refractivity contribution >= 4 is 27.4 Å². The monoisotopic (exact) mass is 321 g/mol. The Hall–Kier alpha value is -2.20. The molecular weight excluding hydrogens is 302 g/mol. The van der Waals surface area contributed by atoms with Gasteiger partial charge in [-0.3, -0.25) is 0 Å². The Morgan fingerprint density at radius 3 is 2.78 bits per heavy atom. The number of anilines is 1. The lowest BCUT2D eigenvalue weighted by atomic mass is 9.97. The Kier molecular flexibility index (Phi) is 3.83. The summed E-state index contributed by atoms with van der Waals surface area (Å²) < 4.78 is 0. The van der Waals surface area contributed by atoms with Gasteiger partial charge in [-0.1, -0.05) is 36.4 Å². The van der Waals surface area contributed by atoms with E-state index >= 15 is 0 Å². The average Bonchev–Trinajstić information content (AvgIpc) is 2.99. The van der Waals surface area contributed by atoms with Crippen LogP contribution in [-0.4, -0.2) is 16.5 Å². The van der Waals surface area contributed by atoms with Gasteiger partial charge in [0.2, 0.25) is 0 Å². The first-order valence-corrected chi connectivity index (χ1v) is 8.91. The fraction of sp³-hybridized carbons (Fsp3) is 0.263. The summed E-state index contributed by atoms with van der Waals surface area (Å²) in [6.45, 7) is 4.52. The summed E-state index contributed by atoms with van der Waals surface area (Å²) in [4.78, 5) is 12.3. The quantitative estimate of drug-likeness (QED) is 0.699. The first-order valence-electron chi connectivity index (χ1n) is 8.09. The highest BCUT2D eigenvalue weighted by atomic mass is 32.1. The zero-order valence-electron chi connectivity index (χ0n) is 13.0. The third-order valence-corrected chi connectivity index (χ3v) is 5.45. The number of benzene rings is 1. The van der Waals surface area contributed by atoms with Crippen LogP contribution in [0, 0.1) is 0 Å². The van der Waals surface area contributed by atoms with Crippen LogP contribution in [0.4, 0.5) is 5.82 Å². The number of thiophene rings is 1. The first kappa shape index (κ1) is 14.4. The minimum absolute atomic E-state index is 0.713. The van der Waals surface area contributed by atoms with Gasteiger partial charge in [-0.05, 0) is 31.2 Å². The number of hydrogen-bond acceptors (Lipinski definition) is 4. The number of aryl methyl sites for hydroxylation is 2. The fourth-order valence-electron chi connectivity index (χ4n) is 3.17. The molecule has 2 aromatic heterocycles. The van der Waals surface area contributed by atoms with E-state index in [1.165, 1.54) is 35.1 Å². The lowest BCUT2D eigenvalue weighted by Gasteiger charge is -2.12. The highest BCUT2D eigenvalue weighted by Gasteiger charge is 2.21. The smallest absolute Gasteiger partial charge is 0.163 e. The molecule has 0 saturated heterocycles. The van der Waals surface area contributed by atoms with Crippen LogP contribution in [0.1, 0.15) is 23.3 Å². The maximum Gasteiger partial charge on any atom is 0.163 e. The van der Waals surface area contributed by atoms with Crippen molar-refractivity contribution in [1.82, 2.24) is 9.97 Å². The Bertz CT molecular complexity index is 852. The van der Waals surface area contributed by atoms with Gasteiger partial charge < -0.3 is 5.32 Å². The van der Waals surface area contributed by atoms with Gasteiger partial charge in [-0.25, -0.2) is 9.97 Å². The lowest BCUT2D eigenvalue weighted by Crippen LogP contribution is -2.05. The Labute approximate surface area is 140 Å². The van der Waals surface area contributed by atoms with Crippen LogP contribution in [0.3, 0.4) is 0 Å². The molecule has 1 aliphatic rings. The lowest BCUT2D eigenvalue weighted by molar-refractivity contribution is 0.700. The summed E-state index contributed by atoms with van der Waals surface area (Å²) >= 11 is 1.84. The van der Waals surface area contributed by atoms with Gasteiger partial charge in [0.05, 0.1) is 5.39 Å². The van der Waals surface area contributed by atoms with Crippen molar-refractivity contribution in [2.45, 2.75) is 25.7 Å². The molecule has 1 aromatic carbocycles. The number of nitrogens with one attached hydrogen (secondary N) is 1. The van der Waals surface area contributed by atoms with Gasteiger partial charge in [-0.2, -0.15) is 0 Å². The van der Waals surface area contributed by atoms with Gasteiger partial charge in [0.25, 0.3) is 0 Å². The molecule has 0 unspecified atom stereocenters. The van der Waals surface area contributed by atoms with Gasteiger partial charge in [-0.15, -0.1) is 17.9 Å². The molecule has 0 fully saturated rings. The summed E-state index contributed by atoms with van der Waals surface area (Å²) in [5.41, 5.74) is 2.52. The maximum atomic E-state index is 4.86. The van der Waals surface area contributed by atoms with Crippen LogP contribution >= 0.6 is 11.3 Å². The van der Waals surface area contributed by atoms with Crippen LogP contribution in [0.25, 0.3) is 21.6 Å². The SMILES string of the molecule is C=CCNc1nc(-c2ccccc2)nc2sc3c(c12)CCCC3. The molecule has 1 N–H and O–H groups in total. The number of fused-ring (bicyclic) bond motifs is 3. The minimum Gasteiger partial charge on any atom is -0.366 e. The van der Waals surface area contributed by atoms with Crippen molar-refractivity contribution in [2.75, 3.05) is 11.9 Å². The molecule has 0 atom stereocenters. The van der Waals surface area contributed by atoms with E-state index in [4.69, 9.17) is 9.97 Å². The molecule has 116 valence electrons. The van der Waals surface area contributed by atoms with E-state index in [9.17, 15) is 0 Å². The summed E-state index contributed by atoms with van der Waals surface area (Å²) in [6.07, 6.45) is 6.74. The molecule has 1 aliphatic carbocycles. The molecule has 3 nitrogen and oxygen atoms in total. The molecule has 0 saturated carbocycles. The standard InChI is InChI=1S/C19H19N3S/c1-2-12-20-18-16-14-10-6-7-11-15(14)23-19(16)22-17(21-18)13-8-4-3-5-9-13/h2-5,8-9H,1,6-7,10-12H2,(H,20,21,22). The third kappa shape index (κ3) is 2.63. The fourth-order valence-corrected chi connectivity index (χ4v) is 4.43. The van der Waals surface area contributed by atoms with Crippen molar-refractivity contribution in [2.24, 2.45) is 0 Å². The maximum absolute atomic E-state index is 4.86. The van der Waals surface area contributed by atoms with Crippen LogP contribution in [0.15, 0.2) is 43.0 Å². The molecule has 4 heteroatoms. The largest absolute Gasteiger partial charge is 0.366 e. The molecule has 0 bridgehead atoms. The number of aromatic nitrogens is 2. The molecule has 2 heterocycles. The zero-order chi connectivity index (χ0) is 15.6. The van der Waals surface area contributed by atoms with Crippen LogP contribution in [0.2, 0.25) is 0 Å². The van der Waals surface area contributed by atoms with E-state index in [0.29, 0.717) is 6.54 Å². The first-order chi connectivity index (χ1) is 11.4. The minimum atomic E-state index is 0.713. The van der Waals surface area contributed by atoms with E-state index in [0.717, 1.165) is 28.5 Å². The van der Waals surface area contributed by atoms with E-state index < -0.39 is 0 Å². The van der Waals surface area contributed by atoms with Crippen LogP contribution in [0.5, 0.6) is 0 Å². The highest BCUT2D eigenvalue weighted by molar-refractivity contribution is 7.19. The molecule has 0 radical (unpaired) electrons. The van der Waals surface area contributed by atoms with Gasteiger partial charge in [0, 0.05) is 17.0 Å². The van der Waals surface area contributed by atoms with E-state index in [1.807, 2.05) is 35.6 Å². The van der Waals surface area contributed by atoms with E-state index in [-0.39, 0.29) is 0 Å². The van der Waals surface area contributed by atoms with E-state index in [2.05, 4.69) is 24.0 Å². The second-order valence-electron chi connectivity index (χ2n) is 5.82. The summed E-state index contributed by atoms with van der Waals surface area (Å²) in [5, 5.41) is 4.65. The van der Waals surface area contributed by atoms with Crippen molar-refractivity contribution in [3.8, 4) is 11.4 Å². The van der Waals surface area contributed by atoms with Gasteiger partial charge in [0.15, 0.2) is 5.82 Å². The molecule has 4 rings (SSSR count). The van der Waals surface area contributed by atoms with Crippen molar-refractivity contribution in [1.29, 1.82) is 0 Å². The van der Waals surface area contributed by atoms with Gasteiger partial charge in [0.1, 0.15) is 10.6 Å². The number of nitrogens with zero attached hydrogens (tertiary/aromatic N) is 2. The van der Waals surface area contributed by atoms with Gasteiger partial charge >= 0.3 is 0 Å². The molecule has 3 aromatic rings. The second kappa shape index (κ2) is 6.13. The molecule has 0 amide bonds. The average molecular weight is 321 g/mol. The number of hydrogen-bond donors (Lipinski definition) is 1. The zero-order valence-corrected chi connectivity index (χ0v) is 13.8. The predicted octanol–water partition coefficient (Wildman–Crippen LogP) is 4.84.